The Morgan fingerprint density at radius 1 is 1.03 bits per heavy atom. The molecule has 2 heterocycles. The molecule has 0 fully saturated rings. The molecule has 0 saturated heterocycles. The van der Waals surface area contributed by atoms with E-state index in [1.165, 1.54) is 28.7 Å². The van der Waals surface area contributed by atoms with Gasteiger partial charge in [0.1, 0.15) is 5.01 Å². The molecule has 0 aliphatic heterocycles. The number of rotatable bonds is 8. The zero-order valence-corrected chi connectivity index (χ0v) is 18.9. The summed E-state index contributed by atoms with van der Waals surface area (Å²) in [7, 11) is 0. The SMILES string of the molecule is CCCc1nnc(NC(=O)CSc2nnc(-c3ccc(C)cc3)n2-c2ccccc2)s1. The van der Waals surface area contributed by atoms with E-state index in [2.05, 4.69) is 51.7 Å². The molecule has 4 rings (SSSR count). The van der Waals surface area contributed by atoms with E-state index in [1.807, 2.05) is 47.0 Å². The van der Waals surface area contributed by atoms with Crippen molar-refractivity contribution >= 4 is 34.1 Å². The quantitative estimate of drug-likeness (QED) is 0.389. The molecule has 0 aliphatic rings. The normalized spacial score (nSPS) is 10.9. The molecule has 2 aromatic carbocycles. The fourth-order valence-electron chi connectivity index (χ4n) is 2.97. The van der Waals surface area contributed by atoms with Crippen LogP contribution in [0.15, 0.2) is 59.8 Å². The summed E-state index contributed by atoms with van der Waals surface area (Å²) < 4.78 is 1.98. The summed E-state index contributed by atoms with van der Waals surface area (Å²) in [5.41, 5.74) is 3.09. The van der Waals surface area contributed by atoms with E-state index in [9.17, 15) is 4.79 Å². The van der Waals surface area contributed by atoms with Crippen LogP contribution in [-0.2, 0) is 11.2 Å². The molecule has 0 saturated carbocycles. The van der Waals surface area contributed by atoms with Crippen molar-refractivity contribution in [3.05, 3.63) is 65.2 Å². The number of para-hydroxylation sites is 1. The highest BCUT2D eigenvalue weighted by Crippen LogP contribution is 2.28. The lowest BCUT2D eigenvalue weighted by Crippen LogP contribution is -2.14. The van der Waals surface area contributed by atoms with Crippen LogP contribution >= 0.6 is 23.1 Å². The monoisotopic (exact) mass is 450 g/mol. The first-order chi connectivity index (χ1) is 15.1. The van der Waals surface area contributed by atoms with E-state index >= 15 is 0 Å². The van der Waals surface area contributed by atoms with Crippen LogP contribution in [0.2, 0.25) is 0 Å². The van der Waals surface area contributed by atoms with E-state index in [0.29, 0.717) is 10.3 Å². The van der Waals surface area contributed by atoms with Gasteiger partial charge in [-0.1, -0.05) is 78.1 Å². The summed E-state index contributed by atoms with van der Waals surface area (Å²) in [5.74, 6) is 0.785. The highest BCUT2D eigenvalue weighted by Gasteiger charge is 2.17. The van der Waals surface area contributed by atoms with Crippen molar-refractivity contribution in [1.29, 1.82) is 0 Å². The molecule has 0 aliphatic carbocycles. The van der Waals surface area contributed by atoms with E-state index in [-0.39, 0.29) is 11.7 Å². The number of hydrogen-bond acceptors (Lipinski definition) is 7. The first kappa shape index (κ1) is 21.2. The van der Waals surface area contributed by atoms with Crippen molar-refractivity contribution in [2.45, 2.75) is 31.8 Å². The summed E-state index contributed by atoms with van der Waals surface area (Å²) in [6, 6.07) is 18.1. The van der Waals surface area contributed by atoms with Gasteiger partial charge in [-0.15, -0.1) is 20.4 Å². The molecule has 0 radical (unpaired) electrons. The molecular formula is C22H22N6OS2. The Labute approximate surface area is 189 Å². The molecule has 1 amide bonds. The van der Waals surface area contributed by atoms with Crippen LogP contribution in [0.5, 0.6) is 0 Å². The molecule has 158 valence electrons. The predicted octanol–water partition coefficient (Wildman–Crippen LogP) is 4.78. The highest BCUT2D eigenvalue weighted by atomic mass is 32.2. The average Bonchev–Trinajstić information content (AvgIpc) is 3.40. The molecule has 0 unspecified atom stereocenters. The van der Waals surface area contributed by atoms with Crippen molar-refractivity contribution in [3.8, 4) is 17.1 Å². The van der Waals surface area contributed by atoms with Gasteiger partial charge in [-0.25, -0.2) is 0 Å². The van der Waals surface area contributed by atoms with Gasteiger partial charge in [0.05, 0.1) is 5.75 Å². The van der Waals surface area contributed by atoms with Crippen LogP contribution < -0.4 is 5.32 Å². The van der Waals surface area contributed by atoms with E-state index in [4.69, 9.17) is 0 Å². The zero-order valence-electron chi connectivity index (χ0n) is 17.3. The number of nitrogens with one attached hydrogen (secondary N) is 1. The number of anilines is 1. The van der Waals surface area contributed by atoms with E-state index in [0.717, 1.165) is 34.9 Å². The van der Waals surface area contributed by atoms with E-state index < -0.39 is 0 Å². The first-order valence-corrected chi connectivity index (χ1v) is 11.8. The Morgan fingerprint density at radius 3 is 2.55 bits per heavy atom. The molecule has 9 heteroatoms. The number of thioether (sulfide) groups is 1. The fraction of sp³-hybridized carbons (Fsp3) is 0.227. The maximum Gasteiger partial charge on any atom is 0.236 e. The van der Waals surface area contributed by atoms with Gasteiger partial charge < -0.3 is 0 Å². The van der Waals surface area contributed by atoms with Gasteiger partial charge in [0.25, 0.3) is 0 Å². The summed E-state index contributed by atoms with van der Waals surface area (Å²) in [4.78, 5) is 12.5. The molecule has 0 bridgehead atoms. The number of nitrogens with zero attached hydrogens (tertiary/aromatic N) is 5. The summed E-state index contributed by atoms with van der Waals surface area (Å²) in [5, 5.41) is 21.9. The lowest BCUT2D eigenvalue weighted by atomic mass is 10.1. The van der Waals surface area contributed by atoms with Crippen molar-refractivity contribution in [2.24, 2.45) is 0 Å². The fourth-order valence-corrected chi connectivity index (χ4v) is 4.58. The second-order valence-electron chi connectivity index (χ2n) is 6.93. The van der Waals surface area contributed by atoms with Gasteiger partial charge in [0, 0.05) is 17.7 Å². The van der Waals surface area contributed by atoms with Gasteiger partial charge in [0.2, 0.25) is 11.0 Å². The Bertz CT molecular complexity index is 1150. The molecule has 31 heavy (non-hydrogen) atoms. The Kier molecular flexibility index (Phi) is 6.73. The Hall–Kier alpha value is -3.04. The maximum absolute atomic E-state index is 12.5. The van der Waals surface area contributed by atoms with Gasteiger partial charge in [-0.3, -0.25) is 14.7 Å². The topological polar surface area (TPSA) is 85.6 Å². The zero-order chi connectivity index (χ0) is 21.6. The van der Waals surface area contributed by atoms with Gasteiger partial charge in [-0.2, -0.15) is 0 Å². The summed E-state index contributed by atoms with van der Waals surface area (Å²) in [6.45, 7) is 4.14. The van der Waals surface area contributed by atoms with Gasteiger partial charge in [0.15, 0.2) is 11.0 Å². The molecule has 7 nitrogen and oxygen atoms in total. The average molecular weight is 451 g/mol. The number of carbonyl (C=O) groups is 1. The third-order valence-electron chi connectivity index (χ3n) is 4.47. The van der Waals surface area contributed by atoms with Crippen molar-refractivity contribution in [2.75, 3.05) is 11.1 Å². The molecule has 0 spiro atoms. The van der Waals surface area contributed by atoms with Crippen LogP contribution in [0.25, 0.3) is 17.1 Å². The second kappa shape index (κ2) is 9.84. The summed E-state index contributed by atoms with van der Waals surface area (Å²) >= 11 is 2.75. The minimum absolute atomic E-state index is 0.149. The summed E-state index contributed by atoms with van der Waals surface area (Å²) in [6.07, 6.45) is 1.86. The molecule has 2 aromatic heterocycles. The first-order valence-electron chi connectivity index (χ1n) is 9.97. The molecular weight excluding hydrogens is 428 g/mol. The molecule has 0 atom stereocenters. The van der Waals surface area contributed by atoms with Crippen LogP contribution in [0.1, 0.15) is 23.9 Å². The van der Waals surface area contributed by atoms with Crippen LogP contribution in [-0.4, -0.2) is 36.6 Å². The minimum Gasteiger partial charge on any atom is -0.300 e. The van der Waals surface area contributed by atoms with Gasteiger partial charge in [-0.05, 0) is 25.5 Å². The second-order valence-corrected chi connectivity index (χ2v) is 8.94. The van der Waals surface area contributed by atoms with Crippen molar-refractivity contribution in [3.63, 3.8) is 0 Å². The highest BCUT2D eigenvalue weighted by molar-refractivity contribution is 7.99. The largest absolute Gasteiger partial charge is 0.300 e. The van der Waals surface area contributed by atoms with E-state index in [1.54, 1.807) is 0 Å². The Balaban J connectivity index is 1.53. The minimum atomic E-state index is -0.149. The molecule has 4 aromatic rings. The van der Waals surface area contributed by atoms with Crippen LogP contribution in [0.3, 0.4) is 0 Å². The number of carbonyl (C=O) groups excluding carboxylic acids is 1. The molecule has 1 N–H and O–H groups in total. The number of aryl methyl sites for hydroxylation is 2. The predicted molar refractivity (Wildman–Crippen MR) is 125 cm³/mol. The number of aromatic nitrogens is 5. The number of hydrogen-bond donors (Lipinski definition) is 1. The smallest absolute Gasteiger partial charge is 0.236 e. The number of benzene rings is 2. The maximum atomic E-state index is 12.5. The third kappa shape index (κ3) is 5.18. The van der Waals surface area contributed by atoms with Crippen LogP contribution in [0, 0.1) is 6.92 Å². The van der Waals surface area contributed by atoms with Crippen molar-refractivity contribution in [1.82, 2.24) is 25.0 Å². The lowest BCUT2D eigenvalue weighted by molar-refractivity contribution is -0.113. The van der Waals surface area contributed by atoms with Gasteiger partial charge >= 0.3 is 0 Å². The lowest BCUT2D eigenvalue weighted by Gasteiger charge is -2.10. The standard InChI is InChI=1S/C22H22N6OS2/c1-3-7-19-24-26-21(31-19)23-18(29)14-30-22-27-25-20(16-12-10-15(2)11-13-16)28(22)17-8-5-4-6-9-17/h4-6,8-13H,3,7,14H2,1-2H3,(H,23,26,29). The van der Waals surface area contributed by atoms with Crippen molar-refractivity contribution < 1.29 is 4.79 Å². The number of amides is 1. The Morgan fingerprint density at radius 2 is 1.81 bits per heavy atom. The third-order valence-corrected chi connectivity index (χ3v) is 6.29. The van der Waals surface area contributed by atoms with Crippen LogP contribution in [0.4, 0.5) is 5.13 Å².